The van der Waals surface area contributed by atoms with E-state index in [2.05, 4.69) is 117 Å². The number of hydrogen-bond acceptors (Lipinski definition) is 4. The summed E-state index contributed by atoms with van der Waals surface area (Å²) in [5.41, 5.74) is 11.0. The van der Waals surface area contributed by atoms with E-state index in [1.54, 1.807) is 6.20 Å². The molecule has 1 saturated heterocycles. The van der Waals surface area contributed by atoms with Crippen molar-refractivity contribution in [1.29, 1.82) is 0 Å². The minimum Gasteiger partial charge on any atom is -0.388 e. The van der Waals surface area contributed by atoms with Crippen LogP contribution >= 0.6 is 0 Å². The van der Waals surface area contributed by atoms with Crippen molar-refractivity contribution < 1.29 is 0 Å². The fourth-order valence-corrected chi connectivity index (χ4v) is 5.00. The zero-order valence-electron chi connectivity index (χ0n) is 23.0. The molecule has 0 aliphatic carbocycles. The van der Waals surface area contributed by atoms with Crippen LogP contribution in [0.5, 0.6) is 0 Å². The average Bonchev–Trinajstić information content (AvgIpc) is 3.28. The third-order valence-electron chi connectivity index (χ3n) is 7.03. The van der Waals surface area contributed by atoms with E-state index >= 15 is 0 Å². The van der Waals surface area contributed by atoms with Gasteiger partial charge in [-0.05, 0) is 97.8 Å². The molecular weight excluding hydrogens is 440 g/mol. The fourth-order valence-electron chi connectivity index (χ4n) is 5.00. The van der Waals surface area contributed by atoms with Gasteiger partial charge in [-0.2, -0.15) is 0 Å². The Morgan fingerprint density at radius 2 is 1.75 bits per heavy atom. The molecule has 192 valence electrons. The average molecular weight is 485 g/mol. The fraction of sp³-hybridized carbons (Fsp3) is 0.375. The van der Waals surface area contributed by atoms with Crippen LogP contribution in [0.25, 0.3) is 11.1 Å². The summed E-state index contributed by atoms with van der Waals surface area (Å²) in [4.78, 5) is 2.54. The molecule has 1 unspecified atom stereocenters. The van der Waals surface area contributed by atoms with Gasteiger partial charge in [0.1, 0.15) is 0 Å². The summed E-state index contributed by atoms with van der Waals surface area (Å²) < 4.78 is 0. The second kappa shape index (κ2) is 13.2. The number of nitrogens with zero attached hydrogens (tertiary/aromatic N) is 1. The van der Waals surface area contributed by atoms with Gasteiger partial charge in [-0.1, -0.05) is 56.8 Å². The lowest BCUT2D eigenvalue weighted by atomic mass is 9.94. The van der Waals surface area contributed by atoms with Crippen LogP contribution in [0.3, 0.4) is 0 Å². The van der Waals surface area contributed by atoms with Crippen LogP contribution in [0, 0.1) is 19.8 Å². The highest BCUT2D eigenvalue weighted by molar-refractivity contribution is 5.80. The molecule has 0 spiro atoms. The summed E-state index contributed by atoms with van der Waals surface area (Å²) in [6.45, 7) is 18.2. The molecule has 0 bridgehead atoms. The Kier molecular flexibility index (Phi) is 10.0. The zero-order valence-corrected chi connectivity index (χ0v) is 23.0. The van der Waals surface area contributed by atoms with Gasteiger partial charge in [-0.15, -0.1) is 0 Å². The van der Waals surface area contributed by atoms with E-state index in [0.29, 0.717) is 0 Å². The van der Waals surface area contributed by atoms with Crippen molar-refractivity contribution >= 4 is 11.4 Å². The normalized spacial score (nSPS) is 17.3. The van der Waals surface area contributed by atoms with Crippen molar-refractivity contribution in [2.24, 2.45) is 5.92 Å². The second-order valence-corrected chi connectivity index (χ2v) is 9.90. The van der Waals surface area contributed by atoms with Crippen molar-refractivity contribution in [3.63, 3.8) is 0 Å². The van der Waals surface area contributed by atoms with E-state index in [4.69, 9.17) is 0 Å². The summed E-state index contributed by atoms with van der Waals surface area (Å²) in [5, 5.41) is 10.3. The number of likely N-dealkylation sites (tertiary alicyclic amines) is 1. The number of hydrogen-bond donors (Lipinski definition) is 3. The van der Waals surface area contributed by atoms with Gasteiger partial charge in [-0.3, -0.25) is 4.90 Å². The molecule has 1 atom stereocenters. The van der Waals surface area contributed by atoms with Crippen molar-refractivity contribution in [2.75, 3.05) is 37.3 Å². The van der Waals surface area contributed by atoms with Gasteiger partial charge in [0.2, 0.25) is 0 Å². The largest absolute Gasteiger partial charge is 0.388 e. The molecule has 0 amide bonds. The molecule has 4 heteroatoms. The van der Waals surface area contributed by atoms with E-state index in [9.17, 15) is 0 Å². The van der Waals surface area contributed by atoms with E-state index in [-0.39, 0.29) is 0 Å². The Balaban J connectivity index is 1.90. The van der Waals surface area contributed by atoms with E-state index in [1.165, 1.54) is 39.8 Å². The smallest absolute Gasteiger partial charge is 0.0420 e. The Morgan fingerprint density at radius 3 is 2.33 bits per heavy atom. The van der Waals surface area contributed by atoms with Crippen LogP contribution in [0.15, 0.2) is 84.4 Å². The summed E-state index contributed by atoms with van der Waals surface area (Å²) >= 11 is 0. The highest BCUT2D eigenvalue weighted by Crippen LogP contribution is 2.34. The van der Waals surface area contributed by atoms with Crippen molar-refractivity contribution in [3.8, 4) is 11.1 Å². The molecule has 1 aliphatic heterocycles. The van der Waals surface area contributed by atoms with E-state index < -0.39 is 0 Å². The first kappa shape index (κ1) is 27.3. The molecule has 2 aromatic carbocycles. The van der Waals surface area contributed by atoms with Crippen LogP contribution in [0.2, 0.25) is 0 Å². The summed E-state index contributed by atoms with van der Waals surface area (Å²) in [7, 11) is 1.98. The Bertz CT molecular complexity index is 1140. The van der Waals surface area contributed by atoms with Crippen molar-refractivity contribution in [1.82, 2.24) is 10.2 Å². The minimum absolute atomic E-state index is 0.772. The Hall–Kier alpha value is -3.24. The lowest BCUT2D eigenvalue weighted by Crippen LogP contribution is -2.23. The Labute approximate surface area is 218 Å². The number of nitrogens with one attached hydrogen (secondary N) is 3. The highest BCUT2D eigenvalue weighted by atomic mass is 15.1. The topological polar surface area (TPSA) is 39.3 Å². The first-order valence-electron chi connectivity index (χ1n) is 13.2. The quantitative estimate of drug-likeness (QED) is 0.287. The molecule has 2 aromatic rings. The molecular formula is C32H44N4. The molecule has 0 aromatic heterocycles. The molecule has 4 nitrogen and oxygen atoms in total. The summed E-state index contributed by atoms with van der Waals surface area (Å²) in [6, 6.07) is 13.0. The summed E-state index contributed by atoms with van der Waals surface area (Å²) in [6.07, 6.45) is 10.6. The summed E-state index contributed by atoms with van der Waals surface area (Å²) in [5.74, 6) is 0.772. The Morgan fingerprint density at radius 1 is 1.08 bits per heavy atom. The molecule has 1 heterocycles. The second-order valence-electron chi connectivity index (χ2n) is 9.90. The molecule has 0 saturated carbocycles. The van der Waals surface area contributed by atoms with Gasteiger partial charge in [0.15, 0.2) is 0 Å². The standard InChI is InChI=1S/C32H44N4/c1-8-12-30(24(4)19-27(20-34-9-2)22-36-18-17-23(3)21-36)35-32-16-11-14-29(26(32)6)28-13-10-15-31(33-7)25(28)5/h9-16,19-20,23,33-35H,2,8,17-18,21-22H2,1,3-7H3/b24-19+,27-20+,30-12?. The lowest BCUT2D eigenvalue weighted by Gasteiger charge is -2.20. The van der Waals surface area contributed by atoms with Gasteiger partial charge >= 0.3 is 0 Å². The monoisotopic (exact) mass is 484 g/mol. The van der Waals surface area contributed by atoms with Gasteiger partial charge < -0.3 is 16.0 Å². The predicted octanol–water partition coefficient (Wildman–Crippen LogP) is 7.62. The first-order valence-corrected chi connectivity index (χ1v) is 13.2. The van der Waals surface area contributed by atoms with Gasteiger partial charge in [0.05, 0.1) is 0 Å². The maximum atomic E-state index is 3.82. The molecule has 0 radical (unpaired) electrons. The molecule has 36 heavy (non-hydrogen) atoms. The first-order chi connectivity index (χ1) is 17.4. The molecule has 3 rings (SSSR count). The van der Waals surface area contributed by atoms with Crippen LogP contribution in [0.1, 0.15) is 44.7 Å². The van der Waals surface area contributed by atoms with Gasteiger partial charge in [-0.25, -0.2) is 0 Å². The third kappa shape index (κ3) is 6.92. The predicted molar refractivity (Wildman–Crippen MR) is 158 cm³/mol. The number of benzene rings is 2. The van der Waals surface area contributed by atoms with Crippen LogP contribution in [-0.4, -0.2) is 31.6 Å². The zero-order chi connectivity index (χ0) is 26.1. The van der Waals surface area contributed by atoms with E-state index in [1.807, 2.05) is 7.05 Å². The SMILES string of the molecule is C=CN/C=C(\C=C(/C)C(=CCC)Nc1cccc(-c2cccc(NC)c2C)c1C)CN1CCC(C)C1. The maximum absolute atomic E-state index is 3.82. The van der Waals surface area contributed by atoms with Crippen molar-refractivity contribution in [2.45, 2.75) is 47.5 Å². The van der Waals surface area contributed by atoms with Gasteiger partial charge in [0, 0.05) is 43.4 Å². The number of rotatable bonds is 11. The van der Waals surface area contributed by atoms with Crippen LogP contribution in [-0.2, 0) is 0 Å². The minimum atomic E-state index is 0.772. The molecule has 1 aliphatic rings. The number of allylic oxidation sites excluding steroid dienone is 2. The molecule has 1 fully saturated rings. The lowest BCUT2D eigenvalue weighted by molar-refractivity contribution is 0.358. The number of anilines is 2. The van der Waals surface area contributed by atoms with E-state index in [0.717, 1.165) is 49.0 Å². The van der Waals surface area contributed by atoms with Crippen molar-refractivity contribution in [3.05, 3.63) is 95.5 Å². The highest BCUT2D eigenvalue weighted by Gasteiger charge is 2.19. The van der Waals surface area contributed by atoms with Gasteiger partial charge in [0.25, 0.3) is 0 Å². The van der Waals surface area contributed by atoms with Crippen LogP contribution < -0.4 is 16.0 Å². The van der Waals surface area contributed by atoms with Crippen LogP contribution in [0.4, 0.5) is 11.4 Å². The molecule has 3 N–H and O–H groups in total. The third-order valence-corrected chi connectivity index (χ3v) is 7.03. The maximum Gasteiger partial charge on any atom is 0.0420 e.